The van der Waals surface area contributed by atoms with E-state index in [1.165, 1.54) is 6.08 Å². The predicted octanol–water partition coefficient (Wildman–Crippen LogP) is 1.53. The highest BCUT2D eigenvalue weighted by Gasteiger charge is 2.35. The topological polar surface area (TPSA) is 133 Å². The zero-order valence-electron chi connectivity index (χ0n) is 21.6. The maximum absolute atomic E-state index is 13.4. The normalized spacial score (nSPS) is 16.5. The van der Waals surface area contributed by atoms with Crippen LogP contribution in [0, 0.1) is 5.92 Å². The number of rotatable bonds is 12. The first-order valence-electron chi connectivity index (χ1n) is 12.7. The summed E-state index contributed by atoms with van der Waals surface area (Å²) in [6.07, 6.45) is 3.62. The van der Waals surface area contributed by atoms with Crippen LogP contribution in [-0.2, 0) is 30.4 Å². The molecular weight excluding hydrogens is 484 g/mol. The highest BCUT2D eigenvalue weighted by molar-refractivity contribution is 6.38. The quantitative estimate of drug-likeness (QED) is 0.250. The zero-order chi connectivity index (χ0) is 27.5. The summed E-state index contributed by atoms with van der Waals surface area (Å²) in [5.41, 5.74) is 1.62. The Labute approximate surface area is 222 Å². The summed E-state index contributed by atoms with van der Waals surface area (Å²) < 4.78 is 0. The Morgan fingerprint density at radius 1 is 0.921 bits per heavy atom. The van der Waals surface area contributed by atoms with Crippen LogP contribution >= 0.6 is 0 Å². The zero-order valence-corrected chi connectivity index (χ0v) is 21.6. The molecule has 4 N–H and O–H groups in total. The summed E-state index contributed by atoms with van der Waals surface area (Å²) in [7, 11) is 0. The fourth-order valence-electron chi connectivity index (χ4n) is 4.16. The molecule has 2 aromatic carbocycles. The first kappa shape index (κ1) is 28.3. The largest absolute Gasteiger partial charge is 0.356 e. The minimum Gasteiger partial charge on any atom is -0.356 e. The Morgan fingerprint density at radius 3 is 2.18 bits per heavy atom. The van der Waals surface area contributed by atoms with E-state index >= 15 is 0 Å². The van der Waals surface area contributed by atoms with Gasteiger partial charge in [-0.15, -0.1) is 0 Å². The second kappa shape index (κ2) is 13.9. The van der Waals surface area contributed by atoms with Crippen molar-refractivity contribution in [3.05, 3.63) is 77.9 Å². The third-order valence-corrected chi connectivity index (χ3v) is 6.10. The molecule has 38 heavy (non-hydrogen) atoms. The van der Waals surface area contributed by atoms with Crippen molar-refractivity contribution in [1.29, 1.82) is 0 Å². The highest BCUT2D eigenvalue weighted by Crippen LogP contribution is 2.17. The van der Waals surface area contributed by atoms with E-state index in [1.54, 1.807) is 19.9 Å². The van der Waals surface area contributed by atoms with E-state index in [9.17, 15) is 24.0 Å². The molecule has 200 valence electrons. The molecular formula is C29H34N4O5. The Bertz CT molecular complexity index is 1160. The van der Waals surface area contributed by atoms with Gasteiger partial charge in [0.05, 0.1) is 6.04 Å². The first-order chi connectivity index (χ1) is 18.2. The lowest BCUT2D eigenvalue weighted by Gasteiger charge is -2.24. The lowest BCUT2D eigenvalue weighted by Crippen LogP contribution is -2.55. The summed E-state index contributed by atoms with van der Waals surface area (Å²) in [5.74, 6) is -3.50. The molecule has 9 nitrogen and oxygen atoms in total. The Balaban J connectivity index is 1.79. The van der Waals surface area contributed by atoms with E-state index in [0.717, 1.165) is 11.1 Å². The molecule has 0 unspecified atom stereocenters. The summed E-state index contributed by atoms with van der Waals surface area (Å²) in [4.78, 5) is 63.9. The molecule has 1 aliphatic rings. The molecule has 0 aliphatic carbocycles. The van der Waals surface area contributed by atoms with E-state index in [0.29, 0.717) is 13.0 Å². The number of amides is 4. The molecule has 0 aromatic heterocycles. The summed E-state index contributed by atoms with van der Waals surface area (Å²) in [6, 6.07) is 15.9. The van der Waals surface area contributed by atoms with Gasteiger partial charge in [0, 0.05) is 31.0 Å². The molecule has 3 rings (SSSR count). The van der Waals surface area contributed by atoms with Gasteiger partial charge in [-0.3, -0.25) is 24.0 Å². The molecule has 1 aliphatic heterocycles. The van der Waals surface area contributed by atoms with Crippen molar-refractivity contribution < 1.29 is 24.0 Å². The molecule has 1 saturated heterocycles. The number of hydrogen-bond acceptors (Lipinski definition) is 5. The van der Waals surface area contributed by atoms with Crippen LogP contribution in [0.15, 0.2) is 66.7 Å². The maximum atomic E-state index is 13.4. The number of Topliss-reactive ketones (excluding diaryl/α,β-unsaturated/α-hetero) is 1. The molecule has 0 bridgehead atoms. The fourth-order valence-corrected chi connectivity index (χ4v) is 4.16. The van der Waals surface area contributed by atoms with Gasteiger partial charge in [-0.05, 0) is 43.9 Å². The number of ketones is 1. The maximum Gasteiger partial charge on any atom is 0.289 e. The van der Waals surface area contributed by atoms with Crippen molar-refractivity contribution in [3.8, 4) is 0 Å². The standard InChI is InChI=1S/C29H34N4O5/c1-19(2)31-29(38)26(35)23(18-22-15-16-30-27(22)36)33-28(37)24(17-21-11-7-4-8-12-21)32-25(34)14-13-20-9-5-3-6-10-20/h3-14,19,22-24H,15-18H2,1-2H3,(H,30,36)(H,31,38)(H,32,34)(H,33,37)/b14-13+/t22-,23-,24-/m0/s1. The van der Waals surface area contributed by atoms with Crippen LogP contribution in [0.2, 0.25) is 0 Å². The van der Waals surface area contributed by atoms with Crippen molar-refractivity contribution in [2.75, 3.05) is 6.54 Å². The van der Waals surface area contributed by atoms with Crippen LogP contribution in [-0.4, -0.2) is 54.1 Å². The van der Waals surface area contributed by atoms with Crippen molar-refractivity contribution in [3.63, 3.8) is 0 Å². The minimum absolute atomic E-state index is 0.0121. The van der Waals surface area contributed by atoms with Gasteiger partial charge < -0.3 is 21.3 Å². The lowest BCUT2D eigenvalue weighted by atomic mass is 9.94. The number of hydrogen-bond donors (Lipinski definition) is 4. The molecule has 1 heterocycles. The number of benzene rings is 2. The van der Waals surface area contributed by atoms with Crippen LogP contribution in [0.5, 0.6) is 0 Å². The number of carbonyl (C=O) groups excluding carboxylic acids is 5. The fraction of sp³-hybridized carbons (Fsp3) is 0.345. The van der Waals surface area contributed by atoms with Crippen molar-refractivity contribution in [2.45, 2.75) is 51.2 Å². The molecule has 0 radical (unpaired) electrons. The van der Waals surface area contributed by atoms with Crippen LogP contribution in [0.1, 0.15) is 37.8 Å². The van der Waals surface area contributed by atoms with Gasteiger partial charge in [-0.25, -0.2) is 0 Å². The summed E-state index contributed by atoms with van der Waals surface area (Å²) in [6.45, 7) is 3.91. The van der Waals surface area contributed by atoms with Crippen molar-refractivity contribution >= 4 is 35.5 Å². The van der Waals surface area contributed by atoms with Gasteiger partial charge in [0.25, 0.3) is 5.91 Å². The van der Waals surface area contributed by atoms with Gasteiger partial charge in [0.1, 0.15) is 6.04 Å². The average Bonchev–Trinajstić information content (AvgIpc) is 3.31. The second-order valence-corrected chi connectivity index (χ2v) is 9.56. The second-order valence-electron chi connectivity index (χ2n) is 9.56. The summed E-state index contributed by atoms with van der Waals surface area (Å²) >= 11 is 0. The van der Waals surface area contributed by atoms with Gasteiger partial charge in [0.15, 0.2) is 0 Å². The molecule has 2 aromatic rings. The molecule has 4 amide bonds. The summed E-state index contributed by atoms with van der Waals surface area (Å²) in [5, 5.41) is 10.6. The van der Waals surface area contributed by atoms with E-state index in [4.69, 9.17) is 0 Å². The van der Waals surface area contributed by atoms with E-state index in [1.807, 2.05) is 60.7 Å². The van der Waals surface area contributed by atoms with Crippen molar-refractivity contribution in [1.82, 2.24) is 21.3 Å². The average molecular weight is 519 g/mol. The van der Waals surface area contributed by atoms with Crippen LogP contribution in [0.25, 0.3) is 6.08 Å². The number of carbonyl (C=O) groups is 5. The van der Waals surface area contributed by atoms with Crippen LogP contribution in [0.4, 0.5) is 0 Å². The van der Waals surface area contributed by atoms with Crippen LogP contribution in [0.3, 0.4) is 0 Å². The lowest BCUT2D eigenvalue weighted by molar-refractivity contribution is -0.141. The monoisotopic (exact) mass is 518 g/mol. The third-order valence-electron chi connectivity index (χ3n) is 6.10. The van der Waals surface area contributed by atoms with E-state index in [-0.39, 0.29) is 24.8 Å². The molecule has 1 fully saturated rings. The van der Waals surface area contributed by atoms with Gasteiger partial charge >= 0.3 is 0 Å². The van der Waals surface area contributed by atoms with Gasteiger partial charge in [0.2, 0.25) is 23.5 Å². The molecule has 9 heteroatoms. The minimum atomic E-state index is -1.22. The highest BCUT2D eigenvalue weighted by atomic mass is 16.2. The SMILES string of the molecule is CC(C)NC(=O)C(=O)[C@H](C[C@@H]1CCNC1=O)NC(=O)[C@H](Cc1ccccc1)NC(=O)/C=C/c1ccccc1. The Hall–Kier alpha value is -4.27. The van der Waals surface area contributed by atoms with Crippen molar-refractivity contribution in [2.24, 2.45) is 5.92 Å². The number of nitrogens with one attached hydrogen (secondary N) is 4. The third kappa shape index (κ3) is 8.69. The molecule has 0 saturated carbocycles. The first-order valence-corrected chi connectivity index (χ1v) is 12.7. The molecule has 3 atom stereocenters. The molecule has 0 spiro atoms. The van der Waals surface area contributed by atoms with Gasteiger partial charge in [-0.2, -0.15) is 0 Å². The Kier molecular flexibility index (Phi) is 10.3. The van der Waals surface area contributed by atoms with E-state index < -0.39 is 41.5 Å². The smallest absolute Gasteiger partial charge is 0.289 e. The Morgan fingerprint density at radius 2 is 1.58 bits per heavy atom. The van der Waals surface area contributed by atoms with Gasteiger partial charge in [-0.1, -0.05) is 60.7 Å². The van der Waals surface area contributed by atoms with Crippen LogP contribution < -0.4 is 21.3 Å². The predicted molar refractivity (Wildman–Crippen MR) is 144 cm³/mol. The van der Waals surface area contributed by atoms with E-state index in [2.05, 4.69) is 21.3 Å².